The highest BCUT2D eigenvalue weighted by Gasteiger charge is 2.19. The van der Waals surface area contributed by atoms with Gasteiger partial charge in [-0.2, -0.15) is 0 Å². The molecule has 0 fully saturated rings. The van der Waals surface area contributed by atoms with E-state index in [0.717, 1.165) is 5.75 Å². The second kappa shape index (κ2) is 11.6. The van der Waals surface area contributed by atoms with E-state index in [1.807, 2.05) is 30.3 Å². The first kappa shape index (κ1) is 21.3. The highest BCUT2D eigenvalue weighted by Crippen LogP contribution is 2.17. The number of rotatable bonds is 12. The van der Waals surface area contributed by atoms with Crippen molar-refractivity contribution in [3.63, 3.8) is 0 Å². The molecule has 1 atom stereocenters. The van der Waals surface area contributed by atoms with E-state index in [1.165, 1.54) is 12.1 Å². The van der Waals surface area contributed by atoms with Crippen LogP contribution in [0.25, 0.3) is 0 Å². The van der Waals surface area contributed by atoms with Crippen molar-refractivity contribution in [2.24, 2.45) is 5.92 Å². The van der Waals surface area contributed by atoms with Gasteiger partial charge in [-0.3, -0.25) is 4.79 Å². The molecule has 0 saturated heterocycles. The zero-order valence-corrected chi connectivity index (χ0v) is 16.0. The first-order valence-electron chi connectivity index (χ1n) is 9.40. The predicted molar refractivity (Wildman–Crippen MR) is 105 cm³/mol. The van der Waals surface area contributed by atoms with E-state index in [9.17, 15) is 9.59 Å². The maximum absolute atomic E-state index is 12.2. The molecule has 0 heterocycles. The van der Waals surface area contributed by atoms with Crippen molar-refractivity contribution >= 4 is 11.9 Å². The summed E-state index contributed by atoms with van der Waals surface area (Å²) in [5.41, 5.74) is 0.216. The van der Waals surface area contributed by atoms with Gasteiger partial charge in [-0.25, -0.2) is 4.79 Å². The van der Waals surface area contributed by atoms with Crippen molar-refractivity contribution in [2.45, 2.75) is 26.2 Å². The average molecular weight is 386 g/mol. The maximum atomic E-state index is 12.2. The molecule has 1 unspecified atom stereocenters. The first-order valence-corrected chi connectivity index (χ1v) is 9.40. The van der Waals surface area contributed by atoms with Crippen LogP contribution in [0.1, 0.15) is 36.5 Å². The van der Waals surface area contributed by atoms with E-state index in [-0.39, 0.29) is 17.5 Å². The van der Waals surface area contributed by atoms with E-state index in [1.54, 1.807) is 19.1 Å². The Hall–Kier alpha value is -3.02. The van der Waals surface area contributed by atoms with Crippen LogP contribution in [0.5, 0.6) is 11.5 Å². The molecule has 2 aromatic carbocycles. The molecule has 0 saturated carbocycles. The van der Waals surface area contributed by atoms with Gasteiger partial charge >= 0.3 is 11.9 Å². The number of carbonyl (C=O) groups is 2. The fourth-order valence-electron chi connectivity index (χ4n) is 2.69. The smallest absolute Gasteiger partial charge is 0.335 e. The number of carbonyl (C=O) groups excluding carboxylic acids is 1. The van der Waals surface area contributed by atoms with Crippen LogP contribution in [0, 0.1) is 5.92 Å². The molecular formula is C22H26O6. The summed E-state index contributed by atoms with van der Waals surface area (Å²) in [4.78, 5) is 23.0. The molecule has 2 rings (SSSR count). The zero-order chi connectivity index (χ0) is 20.2. The second-order valence-electron chi connectivity index (χ2n) is 6.22. The number of aromatic carboxylic acids is 1. The van der Waals surface area contributed by atoms with Gasteiger partial charge in [-0.1, -0.05) is 18.2 Å². The fraction of sp³-hybridized carbons (Fsp3) is 0.364. The number of hydrogen-bond acceptors (Lipinski definition) is 5. The number of esters is 1. The predicted octanol–water partition coefficient (Wildman–Crippen LogP) is 4.19. The third-order valence-corrected chi connectivity index (χ3v) is 4.17. The third kappa shape index (κ3) is 7.31. The van der Waals surface area contributed by atoms with Gasteiger partial charge in [0.1, 0.15) is 11.5 Å². The summed E-state index contributed by atoms with van der Waals surface area (Å²) in [6.45, 7) is 3.01. The average Bonchev–Trinajstić information content (AvgIpc) is 2.71. The molecule has 0 aliphatic heterocycles. The summed E-state index contributed by atoms with van der Waals surface area (Å²) >= 11 is 0. The van der Waals surface area contributed by atoms with Gasteiger partial charge in [0.15, 0.2) is 0 Å². The van der Waals surface area contributed by atoms with E-state index in [4.69, 9.17) is 19.3 Å². The Bertz CT molecular complexity index is 726. The minimum absolute atomic E-state index is 0.216. The zero-order valence-electron chi connectivity index (χ0n) is 16.0. The SMILES string of the molecule is CCOC(=O)C(CCCOc1ccc(C(=O)O)cc1)CCOc1ccccc1. The molecule has 0 radical (unpaired) electrons. The number of para-hydroxylation sites is 1. The summed E-state index contributed by atoms with van der Waals surface area (Å²) in [6.07, 6.45) is 1.88. The summed E-state index contributed by atoms with van der Waals surface area (Å²) in [6, 6.07) is 15.7. The van der Waals surface area contributed by atoms with Gasteiger partial charge in [0.05, 0.1) is 31.3 Å². The van der Waals surface area contributed by atoms with Crippen molar-refractivity contribution in [1.29, 1.82) is 0 Å². The summed E-state index contributed by atoms with van der Waals surface area (Å²) in [5.74, 6) is -0.0588. The number of carboxylic acid groups (broad SMARTS) is 1. The van der Waals surface area contributed by atoms with E-state index in [0.29, 0.717) is 44.8 Å². The molecule has 6 heteroatoms. The quantitative estimate of drug-likeness (QED) is 0.435. The highest BCUT2D eigenvalue weighted by atomic mass is 16.5. The van der Waals surface area contributed by atoms with Crippen molar-refractivity contribution in [1.82, 2.24) is 0 Å². The Kier molecular flexibility index (Phi) is 8.85. The van der Waals surface area contributed by atoms with Gasteiger partial charge in [0.2, 0.25) is 0 Å². The van der Waals surface area contributed by atoms with Crippen LogP contribution in [0.3, 0.4) is 0 Å². The number of hydrogen-bond donors (Lipinski definition) is 1. The van der Waals surface area contributed by atoms with Crippen molar-refractivity contribution in [3.05, 3.63) is 60.2 Å². The lowest BCUT2D eigenvalue weighted by Gasteiger charge is -2.16. The van der Waals surface area contributed by atoms with Crippen LogP contribution in [-0.2, 0) is 9.53 Å². The number of carboxylic acids is 1. The molecule has 28 heavy (non-hydrogen) atoms. The van der Waals surface area contributed by atoms with Crippen LogP contribution in [0.4, 0.5) is 0 Å². The van der Waals surface area contributed by atoms with Crippen molar-refractivity contribution in [3.8, 4) is 11.5 Å². The number of ether oxygens (including phenoxy) is 3. The Morgan fingerprint density at radius 2 is 1.54 bits per heavy atom. The molecule has 1 N–H and O–H groups in total. The minimum atomic E-state index is -0.971. The van der Waals surface area contributed by atoms with Gasteiger partial charge in [-0.05, 0) is 62.6 Å². The molecule has 0 aliphatic carbocycles. The molecule has 0 spiro atoms. The fourth-order valence-corrected chi connectivity index (χ4v) is 2.69. The Morgan fingerprint density at radius 3 is 2.18 bits per heavy atom. The molecule has 0 bridgehead atoms. The lowest BCUT2D eigenvalue weighted by molar-refractivity contribution is -0.148. The highest BCUT2D eigenvalue weighted by molar-refractivity contribution is 5.87. The summed E-state index contributed by atoms with van der Waals surface area (Å²) < 4.78 is 16.5. The molecule has 0 aromatic heterocycles. The topological polar surface area (TPSA) is 82.1 Å². The van der Waals surface area contributed by atoms with Crippen LogP contribution in [-0.4, -0.2) is 36.9 Å². The monoisotopic (exact) mass is 386 g/mol. The lowest BCUT2D eigenvalue weighted by atomic mass is 10.0. The summed E-state index contributed by atoms with van der Waals surface area (Å²) in [7, 11) is 0. The standard InChI is InChI=1S/C22H26O6/c1-2-26-22(25)18(14-16-28-19-8-4-3-5-9-19)7-6-15-27-20-12-10-17(11-13-20)21(23)24/h3-5,8-13,18H,2,6-7,14-16H2,1H3,(H,23,24). The molecule has 0 amide bonds. The van der Waals surface area contributed by atoms with Crippen LogP contribution >= 0.6 is 0 Å². The molecular weight excluding hydrogens is 360 g/mol. The maximum Gasteiger partial charge on any atom is 0.335 e. The van der Waals surface area contributed by atoms with E-state index in [2.05, 4.69) is 0 Å². The Morgan fingerprint density at radius 1 is 0.893 bits per heavy atom. The first-order chi connectivity index (χ1) is 13.6. The molecule has 150 valence electrons. The lowest BCUT2D eigenvalue weighted by Crippen LogP contribution is -2.21. The van der Waals surface area contributed by atoms with Gasteiger partial charge < -0.3 is 19.3 Å². The molecule has 2 aromatic rings. The van der Waals surface area contributed by atoms with E-state index >= 15 is 0 Å². The molecule has 0 aliphatic rings. The normalized spacial score (nSPS) is 11.5. The minimum Gasteiger partial charge on any atom is -0.494 e. The number of benzene rings is 2. The second-order valence-corrected chi connectivity index (χ2v) is 6.22. The van der Waals surface area contributed by atoms with Crippen molar-refractivity contribution in [2.75, 3.05) is 19.8 Å². The Labute approximate surface area is 165 Å². The third-order valence-electron chi connectivity index (χ3n) is 4.17. The summed E-state index contributed by atoms with van der Waals surface area (Å²) in [5, 5.41) is 8.90. The van der Waals surface area contributed by atoms with Crippen molar-refractivity contribution < 1.29 is 28.9 Å². The van der Waals surface area contributed by atoms with Gasteiger partial charge in [0.25, 0.3) is 0 Å². The van der Waals surface area contributed by atoms with Gasteiger partial charge in [-0.15, -0.1) is 0 Å². The van der Waals surface area contributed by atoms with Crippen LogP contribution < -0.4 is 9.47 Å². The Balaban J connectivity index is 1.76. The van der Waals surface area contributed by atoms with Crippen LogP contribution in [0.2, 0.25) is 0 Å². The largest absolute Gasteiger partial charge is 0.494 e. The van der Waals surface area contributed by atoms with E-state index < -0.39 is 5.97 Å². The molecule has 6 nitrogen and oxygen atoms in total. The van der Waals surface area contributed by atoms with Crippen LogP contribution in [0.15, 0.2) is 54.6 Å². The van der Waals surface area contributed by atoms with Gasteiger partial charge in [0, 0.05) is 0 Å².